The van der Waals surface area contributed by atoms with Crippen molar-refractivity contribution in [3.8, 4) is 0 Å². The zero-order valence-electron chi connectivity index (χ0n) is 11.0. The number of carbonyl (C=O) groups is 1. The lowest BCUT2D eigenvalue weighted by molar-refractivity contribution is 0.112. The minimum Gasteiger partial charge on any atom is -0.400 e. The molecule has 1 aliphatic rings. The van der Waals surface area contributed by atoms with Gasteiger partial charge in [0, 0.05) is 25.1 Å². The number of hydrogen-bond donors (Lipinski definition) is 1. The van der Waals surface area contributed by atoms with Gasteiger partial charge < -0.3 is 5.11 Å². The molecule has 1 aromatic carbocycles. The molecule has 0 spiro atoms. The lowest BCUT2D eigenvalue weighted by Gasteiger charge is -2.09. The van der Waals surface area contributed by atoms with Crippen molar-refractivity contribution in [1.82, 2.24) is 9.78 Å². The Balaban J connectivity index is 0.000000637. The highest BCUT2D eigenvalue weighted by molar-refractivity contribution is 5.75. The van der Waals surface area contributed by atoms with Crippen LogP contribution in [-0.2, 0) is 6.54 Å². The van der Waals surface area contributed by atoms with Crippen LogP contribution in [0, 0.1) is 0 Å². The topological polar surface area (TPSA) is 55.1 Å². The Morgan fingerprint density at radius 3 is 2.79 bits per heavy atom. The summed E-state index contributed by atoms with van der Waals surface area (Å²) in [7, 11) is 1.00. The average Bonchev–Trinajstić information content (AvgIpc) is 3.19. The molecular weight excluding hydrogens is 240 g/mol. The van der Waals surface area contributed by atoms with Crippen molar-refractivity contribution in [3.05, 3.63) is 53.3 Å². The third-order valence-electron chi connectivity index (χ3n) is 3.21. The maximum atomic E-state index is 10.8. The molecule has 0 unspecified atom stereocenters. The fourth-order valence-electron chi connectivity index (χ4n) is 2.17. The van der Waals surface area contributed by atoms with Gasteiger partial charge in [-0.25, -0.2) is 0 Å². The van der Waals surface area contributed by atoms with Gasteiger partial charge in [0.25, 0.3) is 0 Å². The molecule has 2 aromatic rings. The van der Waals surface area contributed by atoms with Gasteiger partial charge in [-0.3, -0.25) is 9.48 Å². The number of rotatable bonds is 4. The maximum absolute atomic E-state index is 10.8. The van der Waals surface area contributed by atoms with Gasteiger partial charge in [0.1, 0.15) is 6.29 Å². The fraction of sp³-hybridized carbons (Fsp3) is 0.333. The highest BCUT2D eigenvalue weighted by Gasteiger charge is 2.26. The molecule has 100 valence electrons. The normalized spacial score (nSPS) is 13.6. The van der Waals surface area contributed by atoms with Crippen LogP contribution < -0.4 is 0 Å². The molecular formula is C15H18N2O2. The summed E-state index contributed by atoms with van der Waals surface area (Å²) >= 11 is 0. The average molecular weight is 258 g/mol. The summed E-state index contributed by atoms with van der Waals surface area (Å²) in [6, 6.07) is 7.90. The molecule has 1 aromatic heterocycles. The Kier molecular flexibility index (Phi) is 4.47. The van der Waals surface area contributed by atoms with Crippen molar-refractivity contribution in [3.63, 3.8) is 0 Å². The van der Waals surface area contributed by atoms with Crippen molar-refractivity contribution in [2.24, 2.45) is 0 Å². The number of benzene rings is 1. The summed E-state index contributed by atoms with van der Waals surface area (Å²) in [5, 5.41) is 11.2. The van der Waals surface area contributed by atoms with E-state index in [1.54, 1.807) is 6.20 Å². The first-order chi connectivity index (χ1) is 9.36. The van der Waals surface area contributed by atoms with E-state index in [9.17, 15) is 4.79 Å². The van der Waals surface area contributed by atoms with Crippen LogP contribution in [0.25, 0.3) is 0 Å². The Hall–Kier alpha value is -1.94. The molecule has 19 heavy (non-hydrogen) atoms. The third kappa shape index (κ3) is 3.29. The van der Waals surface area contributed by atoms with Crippen molar-refractivity contribution in [1.29, 1.82) is 0 Å². The van der Waals surface area contributed by atoms with Gasteiger partial charge in [-0.2, -0.15) is 5.10 Å². The van der Waals surface area contributed by atoms with Gasteiger partial charge in [0.15, 0.2) is 0 Å². The Morgan fingerprint density at radius 2 is 2.21 bits per heavy atom. The molecule has 1 heterocycles. The van der Waals surface area contributed by atoms with E-state index in [4.69, 9.17) is 5.11 Å². The third-order valence-corrected chi connectivity index (χ3v) is 3.21. The van der Waals surface area contributed by atoms with Gasteiger partial charge in [0.2, 0.25) is 0 Å². The molecule has 1 fully saturated rings. The van der Waals surface area contributed by atoms with Gasteiger partial charge >= 0.3 is 0 Å². The molecule has 3 rings (SSSR count). The summed E-state index contributed by atoms with van der Waals surface area (Å²) in [6.45, 7) is 0.790. The van der Waals surface area contributed by atoms with E-state index in [-0.39, 0.29) is 0 Å². The molecule has 0 bridgehead atoms. The predicted octanol–water partition coefficient (Wildman–Crippen LogP) is 2.23. The zero-order chi connectivity index (χ0) is 13.7. The second kappa shape index (κ2) is 6.29. The number of carbonyl (C=O) groups excluding carboxylic acids is 1. The molecule has 4 heteroatoms. The van der Waals surface area contributed by atoms with E-state index >= 15 is 0 Å². The molecule has 0 amide bonds. The highest BCUT2D eigenvalue weighted by Crippen LogP contribution is 2.42. The second-order valence-corrected chi connectivity index (χ2v) is 4.55. The maximum Gasteiger partial charge on any atom is 0.150 e. The fourth-order valence-corrected chi connectivity index (χ4v) is 2.17. The molecule has 1 N–H and O–H groups in total. The molecule has 0 aliphatic heterocycles. The molecule has 0 atom stereocenters. The van der Waals surface area contributed by atoms with Crippen molar-refractivity contribution < 1.29 is 9.90 Å². The van der Waals surface area contributed by atoms with Gasteiger partial charge in [-0.05, 0) is 42.0 Å². The lowest BCUT2D eigenvalue weighted by Crippen LogP contribution is -2.03. The Bertz CT molecular complexity index is 531. The summed E-state index contributed by atoms with van der Waals surface area (Å²) in [6.07, 6.45) is 7.16. The first-order valence-electron chi connectivity index (χ1n) is 6.37. The second-order valence-electron chi connectivity index (χ2n) is 4.55. The largest absolute Gasteiger partial charge is 0.400 e. The number of aliphatic hydroxyl groups excluding tert-OH is 1. The van der Waals surface area contributed by atoms with Gasteiger partial charge in [-0.1, -0.05) is 12.1 Å². The summed E-state index contributed by atoms with van der Waals surface area (Å²) in [4.78, 5) is 10.8. The molecule has 0 saturated heterocycles. The predicted molar refractivity (Wildman–Crippen MR) is 73.3 cm³/mol. The Morgan fingerprint density at radius 1 is 1.42 bits per heavy atom. The minimum atomic E-state index is 0.653. The first-order valence-corrected chi connectivity index (χ1v) is 6.37. The van der Waals surface area contributed by atoms with Crippen molar-refractivity contribution >= 4 is 6.29 Å². The highest BCUT2D eigenvalue weighted by atomic mass is 16.2. The van der Waals surface area contributed by atoms with Crippen LogP contribution in [0.3, 0.4) is 0 Å². The first kappa shape index (κ1) is 13.5. The van der Waals surface area contributed by atoms with Crippen LogP contribution in [0.4, 0.5) is 0 Å². The molecule has 1 saturated carbocycles. The number of nitrogens with zero attached hydrogens (tertiary/aromatic N) is 2. The van der Waals surface area contributed by atoms with Crippen LogP contribution in [0.15, 0.2) is 36.7 Å². The zero-order valence-corrected chi connectivity index (χ0v) is 11.0. The smallest absolute Gasteiger partial charge is 0.150 e. The number of hydrogen-bond acceptors (Lipinski definition) is 3. The van der Waals surface area contributed by atoms with E-state index in [0.29, 0.717) is 5.92 Å². The monoisotopic (exact) mass is 258 g/mol. The van der Waals surface area contributed by atoms with Crippen LogP contribution in [0.1, 0.15) is 40.2 Å². The van der Waals surface area contributed by atoms with E-state index in [0.717, 1.165) is 25.5 Å². The van der Waals surface area contributed by atoms with Crippen LogP contribution in [-0.4, -0.2) is 28.3 Å². The van der Waals surface area contributed by atoms with Crippen molar-refractivity contribution in [2.75, 3.05) is 7.11 Å². The van der Waals surface area contributed by atoms with E-state index in [1.807, 2.05) is 29.1 Å². The van der Waals surface area contributed by atoms with E-state index in [1.165, 1.54) is 24.0 Å². The lowest BCUT2D eigenvalue weighted by atomic mass is 10.0. The molecule has 1 aliphatic carbocycles. The molecule has 4 nitrogen and oxygen atoms in total. The van der Waals surface area contributed by atoms with Crippen molar-refractivity contribution in [2.45, 2.75) is 25.3 Å². The summed E-state index contributed by atoms with van der Waals surface area (Å²) < 4.78 is 1.92. The van der Waals surface area contributed by atoms with Crippen LogP contribution in [0.5, 0.6) is 0 Å². The standard InChI is InChI=1S/C14H14N2O.CH4O/c17-10-11-2-3-13(9-16-7-1-6-15-16)14(8-11)12-4-5-12;1-2/h1-3,6-8,10,12H,4-5,9H2;2H,1H3. The van der Waals surface area contributed by atoms with Crippen LogP contribution in [0.2, 0.25) is 0 Å². The minimum absolute atomic E-state index is 0.653. The van der Waals surface area contributed by atoms with Gasteiger partial charge in [0.05, 0.1) is 6.54 Å². The van der Waals surface area contributed by atoms with Crippen LogP contribution >= 0.6 is 0 Å². The Labute approximate surface area is 112 Å². The summed E-state index contributed by atoms with van der Waals surface area (Å²) in [5.74, 6) is 0.653. The van der Waals surface area contributed by atoms with E-state index < -0.39 is 0 Å². The van der Waals surface area contributed by atoms with E-state index in [2.05, 4.69) is 11.2 Å². The molecule has 0 radical (unpaired) electrons. The SMILES string of the molecule is CO.O=Cc1ccc(Cn2cccn2)c(C2CC2)c1. The van der Waals surface area contributed by atoms with Gasteiger partial charge in [-0.15, -0.1) is 0 Å². The number of aromatic nitrogens is 2. The summed E-state index contributed by atoms with van der Waals surface area (Å²) in [5.41, 5.74) is 3.38. The number of aldehydes is 1. The quantitative estimate of drug-likeness (QED) is 0.856. The number of aliphatic hydroxyl groups is 1.